The van der Waals surface area contributed by atoms with Gasteiger partial charge in [0.1, 0.15) is 6.04 Å². The topological polar surface area (TPSA) is 113 Å². The predicted octanol–water partition coefficient (Wildman–Crippen LogP) is 0.188. The van der Waals surface area contributed by atoms with E-state index in [-0.39, 0.29) is 17.2 Å². The fourth-order valence-corrected chi connectivity index (χ4v) is 2.77. The fourth-order valence-electron chi connectivity index (χ4n) is 1.49. The molecule has 0 aliphatic heterocycles. The molecule has 1 rings (SSSR count). The van der Waals surface area contributed by atoms with Crippen molar-refractivity contribution in [2.24, 2.45) is 0 Å². The highest BCUT2D eigenvalue weighted by Gasteiger charge is 2.23. The Hall–Kier alpha value is -1.93. The van der Waals surface area contributed by atoms with E-state index in [9.17, 15) is 18.0 Å². The van der Waals surface area contributed by atoms with Crippen LogP contribution in [-0.4, -0.2) is 38.5 Å². The first kappa shape index (κ1) is 16.1. The fraction of sp³-hybridized carbons (Fsp3) is 0.333. The van der Waals surface area contributed by atoms with E-state index in [0.29, 0.717) is 5.56 Å². The zero-order valence-electron chi connectivity index (χ0n) is 11.1. The van der Waals surface area contributed by atoms with Gasteiger partial charge in [-0.25, -0.2) is 8.42 Å². The van der Waals surface area contributed by atoms with Gasteiger partial charge in [-0.2, -0.15) is 4.72 Å². The second kappa shape index (κ2) is 6.49. The molecule has 20 heavy (non-hydrogen) atoms. The number of hydrogen-bond acceptors (Lipinski definition) is 4. The molecular weight excluding hydrogens is 284 g/mol. The Morgan fingerprint density at radius 2 is 1.80 bits per heavy atom. The van der Waals surface area contributed by atoms with E-state index in [2.05, 4.69) is 10.0 Å². The molecule has 7 nitrogen and oxygen atoms in total. The van der Waals surface area contributed by atoms with Gasteiger partial charge in [0.2, 0.25) is 10.0 Å². The molecule has 0 aliphatic carbocycles. The Bertz CT molecular complexity index is 595. The molecule has 1 amide bonds. The minimum absolute atomic E-state index is 0.0927. The Morgan fingerprint density at radius 3 is 2.20 bits per heavy atom. The van der Waals surface area contributed by atoms with Gasteiger partial charge < -0.3 is 10.4 Å². The van der Waals surface area contributed by atoms with Crippen molar-refractivity contribution in [1.29, 1.82) is 0 Å². The highest BCUT2D eigenvalue weighted by molar-refractivity contribution is 7.89. The predicted molar refractivity (Wildman–Crippen MR) is 71.9 cm³/mol. The van der Waals surface area contributed by atoms with Crippen LogP contribution in [0.3, 0.4) is 0 Å². The second-order valence-corrected chi connectivity index (χ2v) is 5.74. The molecule has 0 unspecified atom stereocenters. The summed E-state index contributed by atoms with van der Waals surface area (Å²) in [6, 6.07) is 4.03. The van der Waals surface area contributed by atoms with Crippen molar-refractivity contribution in [2.75, 3.05) is 7.05 Å². The van der Waals surface area contributed by atoms with E-state index in [1.165, 1.54) is 31.3 Å². The summed E-state index contributed by atoms with van der Waals surface area (Å²) in [5.74, 6) is -1.57. The average Bonchev–Trinajstić information content (AvgIpc) is 2.43. The molecule has 0 aliphatic rings. The Morgan fingerprint density at radius 1 is 1.25 bits per heavy atom. The number of carboxylic acid groups (broad SMARTS) is 1. The number of carbonyl (C=O) groups excluding carboxylic acids is 1. The molecule has 0 saturated carbocycles. The first-order valence-electron chi connectivity index (χ1n) is 5.89. The van der Waals surface area contributed by atoms with Crippen LogP contribution in [-0.2, 0) is 14.8 Å². The molecule has 0 bridgehead atoms. The maximum atomic E-state index is 12.0. The third-order valence-corrected chi connectivity index (χ3v) is 4.15. The summed E-state index contributed by atoms with van der Waals surface area (Å²) in [5, 5.41) is 11.3. The number of carbonyl (C=O) groups is 2. The summed E-state index contributed by atoms with van der Waals surface area (Å²) in [6.07, 6.45) is 0.130. The largest absolute Gasteiger partial charge is 0.480 e. The number of rotatable bonds is 6. The maximum Gasteiger partial charge on any atom is 0.321 e. The van der Waals surface area contributed by atoms with Crippen LogP contribution < -0.4 is 10.0 Å². The quantitative estimate of drug-likeness (QED) is 0.694. The van der Waals surface area contributed by atoms with Gasteiger partial charge in [0.15, 0.2) is 0 Å². The molecule has 0 spiro atoms. The van der Waals surface area contributed by atoms with Gasteiger partial charge in [-0.05, 0) is 30.7 Å². The molecular formula is C12H16N2O5S. The van der Waals surface area contributed by atoms with Crippen molar-refractivity contribution in [3.63, 3.8) is 0 Å². The van der Waals surface area contributed by atoms with E-state index >= 15 is 0 Å². The Kier molecular flexibility index (Phi) is 5.23. The summed E-state index contributed by atoms with van der Waals surface area (Å²) in [6.45, 7) is 1.57. The summed E-state index contributed by atoms with van der Waals surface area (Å²) >= 11 is 0. The van der Waals surface area contributed by atoms with Gasteiger partial charge in [-0.15, -0.1) is 0 Å². The minimum Gasteiger partial charge on any atom is -0.480 e. The Labute approximate surface area is 117 Å². The molecule has 0 saturated heterocycles. The van der Waals surface area contributed by atoms with Crippen LogP contribution in [0.5, 0.6) is 0 Å². The van der Waals surface area contributed by atoms with Crippen LogP contribution in [0.15, 0.2) is 29.2 Å². The van der Waals surface area contributed by atoms with Gasteiger partial charge >= 0.3 is 5.97 Å². The summed E-state index contributed by atoms with van der Waals surface area (Å²) in [5.41, 5.74) is 0.316. The third kappa shape index (κ3) is 3.78. The summed E-state index contributed by atoms with van der Waals surface area (Å²) in [7, 11) is -2.46. The molecule has 3 N–H and O–H groups in total. The van der Waals surface area contributed by atoms with E-state index in [1.807, 2.05) is 0 Å². The zero-order valence-corrected chi connectivity index (χ0v) is 11.9. The second-order valence-electron chi connectivity index (χ2n) is 4.02. The lowest BCUT2D eigenvalue weighted by molar-refractivity contribution is -0.139. The van der Waals surface area contributed by atoms with Crippen molar-refractivity contribution < 1.29 is 23.1 Å². The number of sulfonamides is 1. The van der Waals surface area contributed by atoms with Crippen molar-refractivity contribution in [1.82, 2.24) is 10.0 Å². The highest BCUT2D eigenvalue weighted by Crippen LogP contribution is 2.11. The van der Waals surface area contributed by atoms with Crippen LogP contribution >= 0.6 is 0 Å². The van der Waals surface area contributed by atoms with E-state index < -0.39 is 22.0 Å². The smallest absolute Gasteiger partial charge is 0.321 e. The number of hydrogen-bond donors (Lipinski definition) is 3. The molecule has 1 atom stereocenters. The number of nitrogens with one attached hydrogen (secondary N) is 2. The van der Waals surface area contributed by atoms with E-state index in [4.69, 9.17) is 5.11 Å². The lowest BCUT2D eigenvalue weighted by Gasteiger charge is -2.12. The normalized spacial score (nSPS) is 12.7. The molecule has 110 valence electrons. The molecule has 8 heteroatoms. The molecule has 0 aromatic heterocycles. The summed E-state index contributed by atoms with van der Waals surface area (Å²) < 4.78 is 26.1. The van der Waals surface area contributed by atoms with E-state index in [0.717, 1.165) is 0 Å². The van der Waals surface area contributed by atoms with Crippen molar-refractivity contribution in [2.45, 2.75) is 24.3 Å². The van der Waals surface area contributed by atoms with Gasteiger partial charge in [-0.1, -0.05) is 6.92 Å². The molecule has 0 fully saturated rings. The van der Waals surface area contributed by atoms with Crippen LogP contribution in [0.1, 0.15) is 23.7 Å². The van der Waals surface area contributed by atoms with Crippen molar-refractivity contribution in [3.8, 4) is 0 Å². The molecule has 1 aromatic rings. The first-order valence-corrected chi connectivity index (χ1v) is 7.37. The number of benzene rings is 1. The molecule has 1 aromatic carbocycles. The molecule has 0 heterocycles. The summed E-state index contributed by atoms with van der Waals surface area (Å²) in [4.78, 5) is 22.1. The first-order chi connectivity index (χ1) is 9.31. The SMILES string of the molecule is CC[C@@H](NS(=O)(=O)c1ccc(C(=O)NC)cc1)C(=O)O. The van der Waals surface area contributed by atoms with Crippen molar-refractivity contribution >= 4 is 21.9 Å². The maximum absolute atomic E-state index is 12.0. The zero-order chi connectivity index (χ0) is 15.3. The van der Waals surface area contributed by atoms with Crippen molar-refractivity contribution in [3.05, 3.63) is 29.8 Å². The number of amides is 1. The van der Waals surface area contributed by atoms with Crippen LogP contribution in [0.25, 0.3) is 0 Å². The third-order valence-electron chi connectivity index (χ3n) is 2.66. The van der Waals surface area contributed by atoms with Crippen LogP contribution in [0.2, 0.25) is 0 Å². The lowest BCUT2D eigenvalue weighted by atomic mass is 10.2. The number of aliphatic carboxylic acids is 1. The van der Waals surface area contributed by atoms with Gasteiger partial charge in [0, 0.05) is 12.6 Å². The lowest BCUT2D eigenvalue weighted by Crippen LogP contribution is -2.40. The number of carboxylic acids is 1. The van der Waals surface area contributed by atoms with Crippen LogP contribution in [0.4, 0.5) is 0 Å². The van der Waals surface area contributed by atoms with E-state index in [1.54, 1.807) is 6.92 Å². The Balaban J connectivity index is 2.98. The monoisotopic (exact) mass is 300 g/mol. The average molecular weight is 300 g/mol. The highest BCUT2D eigenvalue weighted by atomic mass is 32.2. The minimum atomic E-state index is -3.93. The van der Waals surface area contributed by atoms with Gasteiger partial charge in [-0.3, -0.25) is 9.59 Å². The molecule has 0 radical (unpaired) electrons. The van der Waals surface area contributed by atoms with Gasteiger partial charge in [0.25, 0.3) is 5.91 Å². The van der Waals surface area contributed by atoms with Crippen LogP contribution in [0, 0.1) is 0 Å². The standard InChI is InChI=1S/C12H16N2O5S/c1-3-10(12(16)17)14-20(18,19)9-6-4-8(5-7-9)11(15)13-2/h4-7,10,14H,3H2,1-2H3,(H,13,15)(H,16,17)/t10-/m1/s1. The van der Waals surface area contributed by atoms with Gasteiger partial charge in [0.05, 0.1) is 4.90 Å².